The first kappa shape index (κ1) is 21.7. The monoisotopic (exact) mass is 433 g/mol. The van der Waals surface area contributed by atoms with E-state index in [-0.39, 0.29) is 18.2 Å². The Morgan fingerprint density at radius 3 is 2.56 bits per heavy atom. The van der Waals surface area contributed by atoms with Crippen molar-refractivity contribution in [3.05, 3.63) is 88.5 Å². The Kier molecular flexibility index (Phi) is 6.32. The van der Waals surface area contributed by atoms with Crippen LogP contribution in [-0.2, 0) is 24.4 Å². The molecule has 32 heavy (non-hydrogen) atoms. The van der Waals surface area contributed by atoms with Crippen LogP contribution in [0.15, 0.2) is 60.7 Å². The second kappa shape index (κ2) is 9.32. The van der Waals surface area contributed by atoms with Gasteiger partial charge in [-0.2, -0.15) is 0 Å². The number of aryl methyl sites for hydroxylation is 1. The predicted octanol–water partition coefficient (Wildman–Crippen LogP) is 3.91. The number of methoxy groups -OCH3 is 1. The molecule has 2 N–H and O–H groups in total. The number of carbonyl (C=O) groups is 1. The Hall–Kier alpha value is -3.51. The zero-order valence-electron chi connectivity index (χ0n) is 18.2. The molecule has 6 nitrogen and oxygen atoms in total. The summed E-state index contributed by atoms with van der Waals surface area (Å²) in [7, 11) is 1.46. The highest BCUT2D eigenvalue weighted by Crippen LogP contribution is 2.39. The van der Waals surface area contributed by atoms with Crippen LogP contribution in [0, 0.1) is 6.92 Å². The lowest BCUT2D eigenvalue weighted by Crippen LogP contribution is -2.40. The summed E-state index contributed by atoms with van der Waals surface area (Å²) in [6.07, 6.45) is -0.627. The average Bonchev–Trinajstić information content (AvgIpc) is 2.80. The number of ether oxygens (including phenoxy) is 2. The van der Waals surface area contributed by atoms with Crippen molar-refractivity contribution < 1.29 is 24.5 Å². The van der Waals surface area contributed by atoms with E-state index in [0.717, 1.165) is 22.4 Å². The summed E-state index contributed by atoms with van der Waals surface area (Å²) in [4.78, 5) is 14.3. The summed E-state index contributed by atoms with van der Waals surface area (Å²) in [5.74, 6) is 0.783. The molecule has 3 aromatic rings. The van der Waals surface area contributed by atoms with Crippen LogP contribution >= 0.6 is 0 Å². The third-order valence-electron chi connectivity index (χ3n) is 5.82. The van der Waals surface area contributed by atoms with E-state index in [1.54, 1.807) is 11.0 Å². The number of phenols is 1. The fourth-order valence-electron chi connectivity index (χ4n) is 4.07. The maximum absolute atomic E-state index is 12.7. The number of fused-ring (bicyclic) bond motifs is 1. The summed E-state index contributed by atoms with van der Waals surface area (Å²) in [5, 5.41) is 20.6. The van der Waals surface area contributed by atoms with Gasteiger partial charge in [-0.1, -0.05) is 48.5 Å². The molecule has 0 unspecified atom stereocenters. The molecule has 0 radical (unpaired) electrons. The van der Waals surface area contributed by atoms with E-state index in [0.29, 0.717) is 36.4 Å². The summed E-state index contributed by atoms with van der Waals surface area (Å²) in [6, 6.07) is 19.0. The van der Waals surface area contributed by atoms with E-state index in [2.05, 4.69) is 6.07 Å². The minimum Gasteiger partial charge on any atom is -0.504 e. The quantitative estimate of drug-likeness (QED) is 0.591. The number of benzene rings is 3. The van der Waals surface area contributed by atoms with Crippen molar-refractivity contribution >= 4 is 5.91 Å². The number of nitrogens with zero attached hydrogens (tertiary/aromatic N) is 1. The fourth-order valence-corrected chi connectivity index (χ4v) is 4.07. The Labute approximate surface area is 187 Å². The van der Waals surface area contributed by atoms with Gasteiger partial charge in [0.2, 0.25) is 0 Å². The normalized spacial score (nSPS) is 15.4. The third-order valence-corrected chi connectivity index (χ3v) is 5.82. The average molecular weight is 434 g/mol. The molecule has 0 aromatic heterocycles. The fraction of sp³-hybridized carbons (Fsp3) is 0.269. The van der Waals surface area contributed by atoms with Crippen molar-refractivity contribution in [2.75, 3.05) is 13.7 Å². The SMILES string of the molecule is COc1c(O)ccc2c1CN(CCc1ccc(OCc3ccccc3)c(C)c1)C(=O)[C@H]2O. The number of aliphatic hydroxyl groups excluding tert-OH is 1. The summed E-state index contributed by atoms with van der Waals surface area (Å²) >= 11 is 0. The number of phenolic OH excluding ortho intramolecular Hbond substituents is 1. The summed E-state index contributed by atoms with van der Waals surface area (Å²) < 4.78 is 11.3. The zero-order valence-corrected chi connectivity index (χ0v) is 18.2. The minimum absolute atomic E-state index is 0.00512. The molecule has 166 valence electrons. The van der Waals surface area contributed by atoms with Gasteiger partial charge >= 0.3 is 0 Å². The molecule has 1 aliphatic heterocycles. The highest BCUT2D eigenvalue weighted by atomic mass is 16.5. The van der Waals surface area contributed by atoms with Crippen LogP contribution in [0.3, 0.4) is 0 Å². The number of aromatic hydroxyl groups is 1. The van der Waals surface area contributed by atoms with Crippen LogP contribution in [-0.4, -0.2) is 34.7 Å². The number of rotatable bonds is 7. The second-order valence-corrected chi connectivity index (χ2v) is 7.97. The van der Waals surface area contributed by atoms with E-state index in [1.807, 2.05) is 49.4 Å². The molecule has 1 aliphatic rings. The van der Waals surface area contributed by atoms with Crippen molar-refractivity contribution in [2.24, 2.45) is 0 Å². The maximum atomic E-state index is 12.7. The van der Waals surface area contributed by atoms with E-state index in [4.69, 9.17) is 9.47 Å². The second-order valence-electron chi connectivity index (χ2n) is 7.97. The number of hydrogen-bond acceptors (Lipinski definition) is 5. The highest BCUT2D eigenvalue weighted by Gasteiger charge is 2.34. The van der Waals surface area contributed by atoms with Gasteiger partial charge in [0.15, 0.2) is 17.6 Å². The zero-order chi connectivity index (χ0) is 22.7. The Balaban J connectivity index is 1.43. The van der Waals surface area contributed by atoms with E-state index in [9.17, 15) is 15.0 Å². The molecule has 0 aliphatic carbocycles. The first-order chi connectivity index (χ1) is 15.5. The maximum Gasteiger partial charge on any atom is 0.256 e. The van der Waals surface area contributed by atoms with Crippen LogP contribution in [0.4, 0.5) is 0 Å². The Morgan fingerprint density at radius 1 is 1.06 bits per heavy atom. The molecular weight excluding hydrogens is 406 g/mol. The standard InChI is InChI=1S/C26H27NO5/c1-17-14-18(8-11-23(17)32-16-19-6-4-3-5-7-19)12-13-27-15-21-20(24(29)26(27)30)9-10-22(28)25(21)31-2/h3-11,14,24,28-29H,12-13,15-16H2,1-2H3/t24-/m0/s1. The highest BCUT2D eigenvalue weighted by molar-refractivity contribution is 5.85. The van der Waals surface area contributed by atoms with Crippen molar-refractivity contribution in [3.8, 4) is 17.2 Å². The van der Waals surface area contributed by atoms with Gasteiger partial charge < -0.3 is 24.6 Å². The van der Waals surface area contributed by atoms with Gasteiger partial charge in [-0.05, 0) is 47.7 Å². The van der Waals surface area contributed by atoms with E-state index < -0.39 is 6.10 Å². The lowest BCUT2D eigenvalue weighted by molar-refractivity contribution is -0.142. The van der Waals surface area contributed by atoms with E-state index >= 15 is 0 Å². The van der Waals surface area contributed by atoms with Crippen LogP contribution in [0.2, 0.25) is 0 Å². The smallest absolute Gasteiger partial charge is 0.256 e. The van der Waals surface area contributed by atoms with Crippen LogP contribution < -0.4 is 9.47 Å². The number of carbonyl (C=O) groups excluding carboxylic acids is 1. The molecule has 0 bridgehead atoms. The number of amides is 1. The lowest BCUT2D eigenvalue weighted by atomic mass is 9.95. The van der Waals surface area contributed by atoms with Crippen LogP contribution in [0.25, 0.3) is 0 Å². The van der Waals surface area contributed by atoms with Crippen LogP contribution in [0.1, 0.15) is 33.9 Å². The number of aliphatic hydroxyl groups is 1. The molecule has 4 rings (SSSR count). The summed E-state index contributed by atoms with van der Waals surface area (Å²) in [5.41, 5.74) is 4.34. The molecule has 0 saturated carbocycles. The first-order valence-electron chi connectivity index (χ1n) is 10.6. The molecule has 0 fully saturated rings. The molecule has 6 heteroatoms. The van der Waals surface area contributed by atoms with Crippen molar-refractivity contribution in [1.29, 1.82) is 0 Å². The van der Waals surface area contributed by atoms with E-state index in [1.165, 1.54) is 13.2 Å². The van der Waals surface area contributed by atoms with Gasteiger partial charge in [0.1, 0.15) is 12.4 Å². The third kappa shape index (κ3) is 4.41. The molecular formula is C26H27NO5. The van der Waals surface area contributed by atoms with Crippen molar-refractivity contribution in [1.82, 2.24) is 4.90 Å². The Morgan fingerprint density at radius 2 is 1.84 bits per heavy atom. The van der Waals surface area contributed by atoms with Gasteiger partial charge in [-0.25, -0.2) is 0 Å². The molecule has 1 atom stereocenters. The van der Waals surface area contributed by atoms with Crippen LogP contribution in [0.5, 0.6) is 17.2 Å². The first-order valence-corrected chi connectivity index (χ1v) is 10.6. The molecule has 1 heterocycles. The van der Waals surface area contributed by atoms with Gasteiger partial charge in [0, 0.05) is 18.7 Å². The van der Waals surface area contributed by atoms with Crippen molar-refractivity contribution in [2.45, 2.75) is 32.6 Å². The molecule has 0 spiro atoms. The predicted molar refractivity (Wildman–Crippen MR) is 121 cm³/mol. The molecule has 1 amide bonds. The molecule has 0 saturated heterocycles. The summed E-state index contributed by atoms with van der Waals surface area (Å²) in [6.45, 7) is 3.23. The van der Waals surface area contributed by atoms with Crippen molar-refractivity contribution in [3.63, 3.8) is 0 Å². The van der Waals surface area contributed by atoms with Gasteiger partial charge in [-0.3, -0.25) is 4.79 Å². The lowest BCUT2D eigenvalue weighted by Gasteiger charge is -2.33. The van der Waals surface area contributed by atoms with Gasteiger partial charge in [0.25, 0.3) is 5.91 Å². The largest absolute Gasteiger partial charge is 0.504 e. The van der Waals surface area contributed by atoms with Gasteiger partial charge in [0.05, 0.1) is 7.11 Å². The topological polar surface area (TPSA) is 79.2 Å². The Bertz CT molecular complexity index is 1110. The minimum atomic E-state index is -1.26. The molecule has 3 aromatic carbocycles. The van der Waals surface area contributed by atoms with Gasteiger partial charge in [-0.15, -0.1) is 0 Å². The number of hydrogen-bond donors (Lipinski definition) is 2.